The summed E-state index contributed by atoms with van der Waals surface area (Å²) in [6.07, 6.45) is 0. The van der Waals surface area contributed by atoms with E-state index < -0.39 is 0 Å². The molecular weight excluding hydrogens is 1260 g/mol. The highest BCUT2D eigenvalue weighted by Gasteiger charge is 2.35. The Morgan fingerprint density at radius 1 is 0.192 bits per heavy atom. The van der Waals surface area contributed by atoms with Gasteiger partial charge in [0.15, 0.2) is 0 Å². The number of rotatable bonds is 8. The van der Waals surface area contributed by atoms with Crippen molar-refractivity contribution in [1.82, 2.24) is 18.3 Å². The molecule has 0 saturated heterocycles. The first-order chi connectivity index (χ1) is 51.3. The minimum atomic E-state index is -0.0229. The van der Waals surface area contributed by atoms with Gasteiger partial charge in [-0.1, -0.05) is 257 Å². The summed E-state index contributed by atoms with van der Waals surface area (Å²) in [7, 11) is 0. The van der Waals surface area contributed by atoms with Crippen LogP contribution in [0.3, 0.4) is 0 Å². The van der Waals surface area contributed by atoms with E-state index in [1.54, 1.807) is 0 Å². The largest absolute Gasteiger partial charge is 0.456 e. The van der Waals surface area contributed by atoms with Crippen molar-refractivity contribution in [3.63, 3.8) is 0 Å². The lowest BCUT2D eigenvalue weighted by Gasteiger charge is -2.21. The lowest BCUT2D eigenvalue weighted by atomic mass is 9.82. The van der Waals surface area contributed by atoms with Crippen LogP contribution in [0.1, 0.15) is 25.0 Å². The van der Waals surface area contributed by atoms with Gasteiger partial charge in [0.05, 0.1) is 44.1 Å². The molecule has 5 aromatic heterocycles. The highest BCUT2D eigenvalue weighted by atomic mass is 16.3. The highest BCUT2D eigenvalue weighted by molar-refractivity contribution is 6.15. The van der Waals surface area contributed by atoms with Crippen LogP contribution in [0, 0.1) is 0 Å². The molecule has 0 amide bonds. The molecule has 0 unspecified atom stereocenters. The maximum Gasteiger partial charge on any atom is 0.135 e. The molecule has 0 atom stereocenters. The van der Waals surface area contributed by atoms with Gasteiger partial charge in [-0.05, 0) is 188 Å². The van der Waals surface area contributed by atoms with Crippen molar-refractivity contribution < 1.29 is 4.42 Å². The van der Waals surface area contributed by atoms with E-state index in [2.05, 4.69) is 384 Å². The van der Waals surface area contributed by atoms with E-state index in [0.29, 0.717) is 0 Å². The molecule has 1 aliphatic carbocycles. The van der Waals surface area contributed by atoms with Crippen molar-refractivity contribution >= 4 is 109 Å². The average Bonchev–Trinajstić information content (AvgIpc) is 1.58. The summed E-state index contributed by atoms with van der Waals surface area (Å²) in [5.74, 6) is 0. The summed E-state index contributed by atoms with van der Waals surface area (Å²) in [5.41, 5.74) is 31.2. The molecule has 488 valence electrons. The Morgan fingerprint density at radius 2 is 0.548 bits per heavy atom. The molecule has 22 rings (SSSR count). The van der Waals surface area contributed by atoms with E-state index in [4.69, 9.17) is 4.42 Å². The van der Waals surface area contributed by atoms with Crippen molar-refractivity contribution in [3.8, 4) is 78.4 Å². The Hall–Kier alpha value is -13.5. The molecule has 0 saturated carbocycles. The van der Waals surface area contributed by atoms with Crippen LogP contribution in [0.2, 0.25) is 0 Å². The third-order valence-corrected chi connectivity index (χ3v) is 22.2. The molecule has 0 bridgehead atoms. The average molecular weight is 1330 g/mol. The SMILES string of the molecule is CC1(C)c2ccccc2-c2cc(-n3c4ccccc4c4ccc(-c5ccc6c(c5)c5ccccc5n6-c5cccc(-c6ccccc6)c5)cc43)ccc21.c1ccc(-c2cccc(-n3c4ccccc4c4cc(-c5ccc6c7ccccc7n(-c7ccc8oc9ccccc9c8c7)c6c5)ccc43)c2)cc1. The number of fused-ring (bicyclic) bond motifs is 18. The van der Waals surface area contributed by atoms with Crippen LogP contribution >= 0.6 is 0 Å². The highest BCUT2D eigenvalue weighted by Crippen LogP contribution is 2.50. The molecule has 104 heavy (non-hydrogen) atoms. The molecule has 5 nitrogen and oxygen atoms in total. The maximum atomic E-state index is 6.19. The molecule has 16 aromatic carbocycles. The number of para-hydroxylation sites is 5. The second-order valence-electron chi connectivity index (χ2n) is 28.3. The normalized spacial score (nSPS) is 12.6. The van der Waals surface area contributed by atoms with Gasteiger partial charge in [0.25, 0.3) is 0 Å². The van der Waals surface area contributed by atoms with Gasteiger partial charge in [-0.3, -0.25) is 0 Å². The zero-order chi connectivity index (χ0) is 68.7. The third kappa shape index (κ3) is 9.27. The fourth-order valence-electron chi connectivity index (χ4n) is 17.3. The first-order valence-corrected chi connectivity index (χ1v) is 35.9. The van der Waals surface area contributed by atoms with Crippen LogP contribution in [0.5, 0.6) is 0 Å². The van der Waals surface area contributed by atoms with Gasteiger partial charge >= 0.3 is 0 Å². The summed E-state index contributed by atoms with van der Waals surface area (Å²) in [4.78, 5) is 0. The standard InChI is InChI=1S/C51H36N2.C48H30N2O/c1-51(2)45-20-9-6-17-39(45)43-32-38(25-27-46(43)51)53-47-21-10-7-18-40(47)42-26-23-36(31-50(42)53)35-24-28-49-44(30-35)41-19-8-11-22-48(41)52(49)37-16-12-15-34(29-37)33-13-4-3-5-14-33;1-2-11-31(12-3-1)32-13-10-14-35(27-32)49-44-19-8-5-16-38(44)41-28-33(22-25-45(41)49)34-21-24-39-37-15-4-7-18-43(37)50(46(39)29-34)36-23-26-48-42(30-36)40-17-6-9-20-47(40)51-48/h3-32H,1-2H3;1-30H. The number of nitrogens with zero attached hydrogens (tertiary/aromatic N) is 4. The Bertz CT molecular complexity index is 7070. The lowest BCUT2D eigenvalue weighted by molar-refractivity contribution is 0.660. The van der Waals surface area contributed by atoms with E-state index in [9.17, 15) is 0 Å². The maximum absolute atomic E-state index is 6.19. The molecule has 5 heterocycles. The number of hydrogen-bond donors (Lipinski definition) is 0. The van der Waals surface area contributed by atoms with Gasteiger partial charge < -0.3 is 22.7 Å². The van der Waals surface area contributed by atoms with Crippen LogP contribution < -0.4 is 0 Å². The van der Waals surface area contributed by atoms with Crippen LogP contribution in [0.25, 0.3) is 188 Å². The number of aromatic nitrogens is 4. The van der Waals surface area contributed by atoms with Crippen molar-refractivity contribution in [2.45, 2.75) is 19.3 Å². The minimum absolute atomic E-state index is 0.0229. The Kier molecular flexibility index (Phi) is 13.3. The van der Waals surface area contributed by atoms with Crippen LogP contribution in [-0.4, -0.2) is 18.3 Å². The second kappa shape index (κ2) is 23.3. The number of hydrogen-bond acceptors (Lipinski definition) is 1. The van der Waals surface area contributed by atoms with Gasteiger partial charge in [0, 0.05) is 82.0 Å². The van der Waals surface area contributed by atoms with Crippen molar-refractivity contribution in [1.29, 1.82) is 0 Å². The summed E-state index contributed by atoms with van der Waals surface area (Å²) in [6, 6.07) is 133. The molecule has 0 N–H and O–H groups in total. The molecule has 5 heteroatoms. The van der Waals surface area contributed by atoms with Gasteiger partial charge in [-0.2, -0.15) is 0 Å². The van der Waals surface area contributed by atoms with Gasteiger partial charge in [0.1, 0.15) is 11.2 Å². The fraction of sp³-hybridized carbons (Fsp3) is 0.0303. The molecule has 0 radical (unpaired) electrons. The summed E-state index contributed by atoms with van der Waals surface area (Å²) in [5, 5.41) is 12.3. The Labute approximate surface area is 600 Å². The predicted octanol–water partition coefficient (Wildman–Crippen LogP) is 26.6. The number of benzene rings is 16. The first kappa shape index (κ1) is 59.4. The predicted molar refractivity (Wildman–Crippen MR) is 437 cm³/mol. The lowest BCUT2D eigenvalue weighted by Crippen LogP contribution is -2.14. The summed E-state index contributed by atoms with van der Waals surface area (Å²) >= 11 is 0. The Morgan fingerprint density at radius 3 is 1.09 bits per heavy atom. The Balaban J connectivity index is 0.000000134. The molecule has 21 aromatic rings. The van der Waals surface area contributed by atoms with Crippen molar-refractivity contribution in [2.24, 2.45) is 0 Å². The topological polar surface area (TPSA) is 32.9 Å². The van der Waals surface area contributed by atoms with Crippen LogP contribution in [0.15, 0.2) is 368 Å². The van der Waals surface area contributed by atoms with E-state index in [-0.39, 0.29) is 5.41 Å². The fourth-order valence-corrected chi connectivity index (χ4v) is 17.3. The van der Waals surface area contributed by atoms with Gasteiger partial charge in [-0.15, -0.1) is 0 Å². The zero-order valence-electron chi connectivity index (χ0n) is 57.3. The number of furan rings is 1. The van der Waals surface area contributed by atoms with Crippen molar-refractivity contribution in [3.05, 3.63) is 375 Å². The monoisotopic (exact) mass is 1330 g/mol. The van der Waals surface area contributed by atoms with Crippen molar-refractivity contribution in [2.75, 3.05) is 0 Å². The second-order valence-corrected chi connectivity index (χ2v) is 28.3. The van der Waals surface area contributed by atoms with Crippen LogP contribution in [-0.2, 0) is 5.41 Å². The molecule has 0 aliphatic heterocycles. The van der Waals surface area contributed by atoms with Crippen LogP contribution in [0.4, 0.5) is 0 Å². The van der Waals surface area contributed by atoms with E-state index in [1.165, 1.54) is 160 Å². The molecular formula is C99H66N4O. The van der Waals surface area contributed by atoms with E-state index in [0.717, 1.165) is 39.0 Å². The van der Waals surface area contributed by atoms with Gasteiger partial charge in [-0.25, -0.2) is 0 Å². The van der Waals surface area contributed by atoms with E-state index in [1.807, 2.05) is 12.1 Å². The third-order valence-electron chi connectivity index (χ3n) is 22.2. The first-order valence-electron chi connectivity index (χ1n) is 35.9. The van der Waals surface area contributed by atoms with Gasteiger partial charge in [0.2, 0.25) is 0 Å². The quantitative estimate of drug-likeness (QED) is 0.149. The molecule has 1 aliphatic rings. The smallest absolute Gasteiger partial charge is 0.135 e. The molecule has 0 fully saturated rings. The molecule has 0 spiro atoms. The zero-order valence-corrected chi connectivity index (χ0v) is 57.3. The minimum Gasteiger partial charge on any atom is -0.456 e. The van der Waals surface area contributed by atoms with E-state index >= 15 is 0 Å². The summed E-state index contributed by atoms with van der Waals surface area (Å²) < 4.78 is 15.9. The summed E-state index contributed by atoms with van der Waals surface area (Å²) in [6.45, 7) is 4.69.